The molecule has 0 aliphatic rings. The molecule has 0 aliphatic carbocycles. The van der Waals surface area contributed by atoms with Gasteiger partial charge in [-0.05, 0) is 66.7 Å². The third-order valence-corrected chi connectivity index (χ3v) is 12.5. The van der Waals surface area contributed by atoms with E-state index in [1.807, 2.05) is 36.4 Å². The summed E-state index contributed by atoms with van der Waals surface area (Å²) in [4.78, 5) is 15.8. The molecule has 13 aromatic rings. The molecule has 6 heteroatoms. The highest BCUT2D eigenvalue weighted by atomic mass is 15.1. The van der Waals surface area contributed by atoms with Gasteiger partial charge in [-0.1, -0.05) is 152 Å². The van der Waals surface area contributed by atoms with Gasteiger partial charge in [-0.15, -0.1) is 0 Å². The molecule has 0 radical (unpaired) electrons. The number of aromatic nitrogens is 6. The van der Waals surface area contributed by atoms with Crippen LogP contribution in [0.2, 0.25) is 0 Å². The van der Waals surface area contributed by atoms with Crippen LogP contribution in [0.15, 0.2) is 218 Å². The lowest BCUT2D eigenvalue weighted by molar-refractivity contribution is 1.08. The van der Waals surface area contributed by atoms with Crippen molar-refractivity contribution >= 4 is 65.4 Å². The lowest BCUT2D eigenvalue weighted by atomic mass is 10.0. The quantitative estimate of drug-likeness (QED) is 0.168. The summed E-state index contributed by atoms with van der Waals surface area (Å²) in [5.41, 5.74) is 12.8. The standard InChI is InChI=1S/C57H36N6/c1-5-19-37(20-6-1)55-58-56(38-21-7-2-8-22-38)60-57(59-55)46-36-51-53(44-29-15-17-31-48(44)62(51)40-25-11-4-12-26-40)54-52(46)43-28-14-18-32-49(43)63(54)41-33-34-50-45(35-41)42-27-13-16-30-47(42)61(50)39-23-9-3-10-24-39/h1-36H. The number of hydrogen-bond acceptors (Lipinski definition) is 3. The van der Waals surface area contributed by atoms with Crippen LogP contribution in [0.4, 0.5) is 0 Å². The first-order valence-corrected chi connectivity index (χ1v) is 21.3. The van der Waals surface area contributed by atoms with E-state index in [0.717, 1.165) is 77.5 Å². The zero-order chi connectivity index (χ0) is 41.4. The summed E-state index contributed by atoms with van der Waals surface area (Å²) >= 11 is 0. The molecule has 9 aromatic carbocycles. The lowest BCUT2D eigenvalue weighted by Gasteiger charge is -2.14. The van der Waals surface area contributed by atoms with Gasteiger partial charge in [0.1, 0.15) is 0 Å². The molecule has 0 aliphatic heterocycles. The average molecular weight is 805 g/mol. The van der Waals surface area contributed by atoms with Crippen LogP contribution < -0.4 is 0 Å². The number of nitrogens with zero attached hydrogens (tertiary/aromatic N) is 6. The maximum absolute atomic E-state index is 5.36. The monoisotopic (exact) mass is 804 g/mol. The van der Waals surface area contributed by atoms with Crippen LogP contribution in [-0.2, 0) is 0 Å². The Morgan fingerprint density at radius 3 is 1.29 bits per heavy atom. The van der Waals surface area contributed by atoms with E-state index in [9.17, 15) is 0 Å². The van der Waals surface area contributed by atoms with E-state index in [-0.39, 0.29) is 0 Å². The van der Waals surface area contributed by atoms with Crippen molar-refractivity contribution in [2.75, 3.05) is 0 Å². The molecule has 0 bridgehead atoms. The van der Waals surface area contributed by atoms with E-state index in [1.165, 1.54) is 21.7 Å². The molecule has 13 rings (SSSR count). The maximum Gasteiger partial charge on any atom is 0.164 e. The number of hydrogen-bond donors (Lipinski definition) is 0. The first-order chi connectivity index (χ1) is 31.3. The van der Waals surface area contributed by atoms with Crippen molar-refractivity contribution in [2.45, 2.75) is 0 Å². The average Bonchev–Trinajstić information content (AvgIpc) is 4.00. The van der Waals surface area contributed by atoms with E-state index >= 15 is 0 Å². The molecule has 0 saturated heterocycles. The summed E-state index contributed by atoms with van der Waals surface area (Å²) in [6.45, 7) is 0. The van der Waals surface area contributed by atoms with E-state index in [2.05, 4.69) is 196 Å². The van der Waals surface area contributed by atoms with Crippen LogP contribution in [0.1, 0.15) is 0 Å². The van der Waals surface area contributed by atoms with Gasteiger partial charge < -0.3 is 13.7 Å². The van der Waals surface area contributed by atoms with E-state index < -0.39 is 0 Å². The normalized spacial score (nSPS) is 11.8. The number of fused-ring (bicyclic) bond motifs is 10. The highest BCUT2D eigenvalue weighted by Gasteiger charge is 2.26. The van der Waals surface area contributed by atoms with Gasteiger partial charge in [0.2, 0.25) is 0 Å². The summed E-state index contributed by atoms with van der Waals surface area (Å²) in [5.74, 6) is 1.87. The van der Waals surface area contributed by atoms with Crippen molar-refractivity contribution in [3.63, 3.8) is 0 Å². The second-order valence-corrected chi connectivity index (χ2v) is 16.0. The van der Waals surface area contributed by atoms with Crippen LogP contribution in [0.3, 0.4) is 0 Å². The Morgan fingerprint density at radius 2 is 0.698 bits per heavy atom. The van der Waals surface area contributed by atoms with Crippen LogP contribution >= 0.6 is 0 Å². The number of rotatable bonds is 6. The van der Waals surface area contributed by atoms with Gasteiger partial charge >= 0.3 is 0 Å². The Hall–Kier alpha value is -8.61. The summed E-state index contributed by atoms with van der Waals surface area (Å²) in [5, 5.41) is 6.94. The molecule has 0 N–H and O–H groups in total. The molecule has 0 saturated carbocycles. The Labute approximate surface area is 362 Å². The van der Waals surface area contributed by atoms with E-state index in [0.29, 0.717) is 17.5 Å². The minimum absolute atomic E-state index is 0.615. The van der Waals surface area contributed by atoms with Gasteiger partial charge in [-0.2, -0.15) is 0 Å². The largest absolute Gasteiger partial charge is 0.309 e. The van der Waals surface area contributed by atoms with Gasteiger partial charge in [-0.25, -0.2) is 15.0 Å². The summed E-state index contributed by atoms with van der Waals surface area (Å²) in [6, 6.07) is 77.3. The van der Waals surface area contributed by atoms with Gasteiger partial charge in [0, 0.05) is 66.1 Å². The van der Waals surface area contributed by atoms with Crippen molar-refractivity contribution < 1.29 is 0 Å². The van der Waals surface area contributed by atoms with Crippen molar-refractivity contribution in [1.29, 1.82) is 0 Å². The zero-order valence-corrected chi connectivity index (χ0v) is 34.0. The third-order valence-electron chi connectivity index (χ3n) is 12.5. The molecule has 0 amide bonds. The SMILES string of the molecule is c1ccc(-c2nc(-c3ccccc3)nc(-c3cc4c(c5ccccc5n4-c4ccccc4)c4c3c3ccccc3n4-c3ccc4c(c3)c3ccccc3n4-c3ccccc3)n2)cc1. The Balaban J connectivity index is 1.21. The van der Waals surface area contributed by atoms with Crippen molar-refractivity contribution in [1.82, 2.24) is 28.7 Å². The first-order valence-electron chi connectivity index (χ1n) is 21.3. The first kappa shape index (κ1) is 35.2. The summed E-state index contributed by atoms with van der Waals surface area (Å²) in [6.07, 6.45) is 0. The molecule has 6 nitrogen and oxygen atoms in total. The fourth-order valence-electron chi connectivity index (χ4n) is 9.79. The predicted octanol–water partition coefficient (Wildman–Crippen LogP) is 14.2. The molecule has 0 fully saturated rings. The number of benzene rings is 9. The summed E-state index contributed by atoms with van der Waals surface area (Å²) < 4.78 is 7.24. The maximum atomic E-state index is 5.36. The predicted molar refractivity (Wildman–Crippen MR) is 259 cm³/mol. The van der Waals surface area contributed by atoms with Gasteiger partial charge in [0.05, 0.1) is 33.1 Å². The fraction of sp³-hybridized carbons (Fsp3) is 0. The molecular formula is C57H36N6. The molecule has 0 atom stereocenters. The van der Waals surface area contributed by atoms with Crippen LogP contribution in [0.25, 0.3) is 117 Å². The zero-order valence-electron chi connectivity index (χ0n) is 34.0. The topological polar surface area (TPSA) is 53.5 Å². The second kappa shape index (κ2) is 14.0. The minimum Gasteiger partial charge on any atom is -0.309 e. The van der Waals surface area contributed by atoms with Crippen molar-refractivity contribution in [2.24, 2.45) is 0 Å². The molecule has 63 heavy (non-hydrogen) atoms. The van der Waals surface area contributed by atoms with Gasteiger partial charge in [-0.3, -0.25) is 0 Å². The van der Waals surface area contributed by atoms with Gasteiger partial charge in [0.15, 0.2) is 17.5 Å². The van der Waals surface area contributed by atoms with Crippen LogP contribution in [-0.4, -0.2) is 28.7 Å². The fourth-order valence-corrected chi connectivity index (χ4v) is 9.79. The molecule has 0 unspecified atom stereocenters. The minimum atomic E-state index is 0.615. The Morgan fingerprint density at radius 1 is 0.270 bits per heavy atom. The Bertz CT molecular complexity index is 3830. The van der Waals surface area contributed by atoms with Crippen LogP contribution in [0.5, 0.6) is 0 Å². The highest BCUT2D eigenvalue weighted by Crippen LogP contribution is 2.47. The van der Waals surface area contributed by atoms with Crippen molar-refractivity contribution in [3.8, 4) is 51.2 Å². The Kier molecular flexibility index (Phi) is 7.80. The van der Waals surface area contributed by atoms with Crippen LogP contribution in [0, 0.1) is 0 Å². The third kappa shape index (κ3) is 5.41. The molecule has 294 valence electrons. The van der Waals surface area contributed by atoms with E-state index in [1.54, 1.807) is 0 Å². The number of para-hydroxylation sites is 5. The van der Waals surface area contributed by atoms with Gasteiger partial charge in [0.25, 0.3) is 0 Å². The molecule has 4 aromatic heterocycles. The summed E-state index contributed by atoms with van der Waals surface area (Å²) in [7, 11) is 0. The lowest BCUT2D eigenvalue weighted by Crippen LogP contribution is -2.01. The van der Waals surface area contributed by atoms with E-state index in [4.69, 9.17) is 15.0 Å². The smallest absolute Gasteiger partial charge is 0.164 e. The highest BCUT2D eigenvalue weighted by molar-refractivity contribution is 6.29. The molecule has 0 spiro atoms. The molecule has 4 heterocycles. The molecular weight excluding hydrogens is 769 g/mol. The second-order valence-electron chi connectivity index (χ2n) is 16.0. The van der Waals surface area contributed by atoms with Crippen molar-refractivity contribution in [3.05, 3.63) is 218 Å².